The molecule has 0 saturated heterocycles. The highest BCUT2D eigenvalue weighted by Crippen LogP contribution is 2.12. The molecule has 0 radical (unpaired) electrons. The standard InChI is InChI=1S/C17H20N2O/c1-13-6-3-4-8-15(13)11-17(20)19(2)12-14-7-5-9-16(18)10-14/h3-10H,11-12,18H2,1-2H3. The number of likely N-dealkylation sites (N-methyl/N-ethyl adjacent to an activating group) is 1. The number of benzene rings is 2. The first-order valence-corrected chi connectivity index (χ1v) is 6.69. The molecule has 0 aliphatic carbocycles. The Hall–Kier alpha value is -2.29. The summed E-state index contributed by atoms with van der Waals surface area (Å²) >= 11 is 0. The van der Waals surface area contributed by atoms with Gasteiger partial charge in [0.05, 0.1) is 6.42 Å². The first-order chi connectivity index (χ1) is 9.56. The van der Waals surface area contributed by atoms with Crippen molar-refractivity contribution in [2.45, 2.75) is 19.9 Å². The molecule has 1 amide bonds. The maximum Gasteiger partial charge on any atom is 0.227 e. The lowest BCUT2D eigenvalue weighted by Gasteiger charge is -2.18. The molecule has 3 nitrogen and oxygen atoms in total. The average molecular weight is 268 g/mol. The molecule has 0 aliphatic rings. The predicted octanol–water partition coefficient (Wildman–Crippen LogP) is 2.78. The van der Waals surface area contributed by atoms with Crippen LogP contribution in [0.4, 0.5) is 5.69 Å². The highest BCUT2D eigenvalue weighted by molar-refractivity contribution is 5.78. The van der Waals surface area contributed by atoms with Crippen molar-refractivity contribution in [3.8, 4) is 0 Å². The van der Waals surface area contributed by atoms with Gasteiger partial charge < -0.3 is 10.6 Å². The van der Waals surface area contributed by atoms with Crippen molar-refractivity contribution in [3.05, 3.63) is 65.2 Å². The number of carbonyl (C=O) groups is 1. The molecule has 0 saturated carbocycles. The first kappa shape index (κ1) is 14.1. The molecular weight excluding hydrogens is 248 g/mol. The van der Waals surface area contributed by atoms with Crippen molar-refractivity contribution in [2.75, 3.05) is 12.8 Å². The maximum atomic E-state index is 12.2. The third kappa shape index (κ3) is 3.60. The number of nitrogen functional groups attached to an aromatic ring is 1. The summed E-state index contributed by atoms with van der Waals surface area (Å²) in [4.78, 5) is 14.0. The molecule has 3 heteroatoms. The second kappa shape index (κ2) is 6.24. The second-order valence-electron chi connectivity index (χ2n) is 5.10. The number of nitrogens with zero attached hydrogens (tertiary/aromatic N) is 1. The average Bonchev–Trinajstić information content (AvgIpc) is 2.41. The van der Waals surface area contributed by atoms with E-state index in [1.54, 1.807) is 4.90 Å². The van der Waals surface area contributed by atoms with Crippen LogP contribution >= 0.6 is 0 Å². The summed E-state index contributed by atoms with van der Waals surface area (Å²) in [6, 6.07) is 15.6. The van der Waals surface area contributed by atoms with E-state index in [-0.39, 0.29) is 5.91 Å². The van der Waals surface area contributed by atoms with Gasteiger partial charge in [-0.2, -0.15) is 0 Å². The lowest BCUT2D eigenvalue weighted by molar-refractivity contribution is -0.129. The molecular formula is C17H20N2O. The Kier molecular flexibility index (Phi) is 4.41. The molecule has 2 rings (SSSR count). The summed E-state index contributed by atoms with van der Waals surface area (Å²) in [5, 5.41) is 0. The van der Waals surface area contributed by atoms with Gasteiger partial charge in [-0.1, -0.05) is 36.4 Å². The van der Waals surface area contributed by atoms with E-state index in [1.165, 1.54) is 0 Å². The summed E-state index contributed by atoms with van der Waals surface area (Å²) < 4.78 is 0. The van der Waals surface area contributed by atoms with Crippen molar-refractivity contribution in [2.24, 2.45) is 0 Å². The minimum absolute atomic E-state index is 0.113. The fourth-order valence-corrected chi connectivity index (χ4v) is 2.16. The number of carbonyl (C=O) groups excluding carboxylic acids is 1. The number of nitrogens with two attached hydrogens (primary N) is 1. The van der Waals surface area contributed by atoms with Gasteiger partial charge in [0, 0.05) is 19.3 Å². The van der Waals surface area contributed by atoms with Crippen LogP contribution in [0.3, 0.4) is 0 Å². The number of rotatable bonds is 4. The van der Waals surface area contributed by atoms with Gasteiger partial charge in [-0.05, 0) is 35.7 Å². The van der Waals surface area contributed by atoms with Gasteiger partial charge >= 0.3 is 0 Å². The van der Waals surface area contributed by atoms with Crippen molar-refractivity contribution in [3.63, 3.8) is 0 Å². The second-order valence-corrected chi connectivity index (χ2v) is 5.10. The maximum absolute atomic E-state index is 12.2. The van der Waals surface area contributed by atoms with Crippen LogP contribution in [0.2, 0.25) is 0 Å². The minimum atomic E-state index is 0.113. The molecule has 0 unspecified atom stereocenters. The van der Waals surface area contributed by atoms with Gasteiger partial charge in [0.1, 0.15) is 0 Å². The Morgan fingerprint density at radius 1 is 1.15 bits per heavy atom. The Labute approximate surface area is 120 Å². The molecule has 104 valence electrons. The molecule has 0 aromatic heterocycles. The quantitative estimate of drug-likeness (QED) is 0.867. The molecule has 2 N–H and O–H groups in total. The van der Waals surface area contributed by atoms with Crippen molar-refractivity contribution < 1.29 is 4.79 Å². The monoisotopic (exact) mass is 268 g/mol. The van der Waals surface area contributed by atoms with E-state index in [0.717, 1.165) is 22.4 Å². The Bertz CT molecular complexity index is 607. The number of hydrogen-bond donors (Lipinski definition) is 1. The summed E-state index contributed by atoms with van der Waals surface area (Å²) in [6.45, 7) is 2.61. The Morgan fingerprint density at radius 2 is 1.90 bits per heavy atom. The molecule has 0 bridgehead atoms. The van der Waals surface area contributed by atoms with Crippen LogP contribution in [0.5, 0.6) is 0 Å². The fraction of sp³-hybridized carbons (Fsp3) is 0.235. The number of hydrogen-bond acceptors (Lipinski definition) is 2. The summed E-state index contributed by atoms with van der Waals surface area (Å²) in [5.41, 5.74) is 9.75. The third-order valence-corrected chi connectivity index (χ3v) is 3.40. The van der Waals surface area contributed by atoms with Gasteiger partial charge in [-0.15, -0.1) is 0 Å². The molecule has 0 fully saturated rings. The van der Waals surface area contributed by atoms with E-state index < -0.39 is 0 Å². The highest BCUT2D eigenvalue weighted by atomic mass is 16.2. The fourth-order valence-electron chi connectivity index (χ4n) is 2.16. The van der Waals surface area contributed by atoms with Gasteiger partial charge in [0.15, 0.2) is 0 Å². The van der Waals surface area contributed by atoms with Crippen LogP contribution < -0.4 is 5.73 Å². The lowest BCUT2D eigenvalue weighted by Crippen LogP contribution is -2.27. The predicted molar refractivity (Wildman–Crippen MR) is 82.2 cm³/mol. The zero-order valence-corrected chi connectivity index (χ0v) is 12.0. The lowest BCUT2D eigenvalue weighted by atomic mass is 10.1. The van der Waals surface area contributed by atoms with E-state index in [2.05, 4.69) is 0 Å². The van der Waals surface area contributed by atoms with Crippen LogP contribution in [-0.2, 0) is 17.8 Å². The normalized spacial score (nSPS) is 10.3. The molecule has 0 heterocycles. The van der Waals surface area contributed by atoms with E-state index in [0.29, 0.717) is 13.0 Å². The number of amides is 1. The van der Waals surface area contributed by atoms with Crippen LogP contribution in [0.1, 0.15) is 16.7 Å². The molecule has 0 spiro atoms. The zero-order valence-electron chi connectivity index (χ0n) is 12.0. The molecule has 0 aliphatic heterocycles. The molecule has 20 heavy (non-hydrogen) atoms. The summed E-state index contributed by atoms with van der Waals surface area (Å²) in [5.74, 6) is 0.113. The minimum Gasteiger partial charge on any atom is -0.399 e. The Balaban J connectivity index is 2.01. The Morgan fingerprint density at radius 3 is 2.60 bits per heavy atom. The largest absolute Gasteiger partial charge is 0.399 e. The van der Waals surface area contributed by atoms with Crippen LogP contribution in [0, 0.1) is 6.92 Å². The van der Waals surface area contributed by atoms with E-state index in [9.17, 15) is 4.79 Å². The zero-order chi connectivity index (χ0) is 14.5. The first-order valence-electron chi connectivity index (χ1n) is 6.69. The van der Waals surface area contributed by atoms with Crippen LogP contribution in [0.15, 0.2) is 48.5 Å². The molecule has 0 atom stereocenters. The molecule has 2 aromatic rings. The van der Waals surface area contributed by atoms with Gasteiger partial charge in [-0.3, -0.25) is 4.79 Å². The van der Waals surface area contributed by atoms with Crippen molar-refractivity contribution in [1.82, 2.24) is 4.90 Å². The SMILES string of the molecule is Cc1ccccc1CC(=O)N(C)Cc1cccc(N)c1. The number of anilines is 1. The van der Waals surface area contributed by atoms with E-state index in [1.807, 2.05) is 62.5 Å². The van der Waals surface area contributed by atoms with Crippen molar-refractivity contribution >= 4 is 11.6 Å². The smallest absolute Gasteiger partial charge is 0.227 e. The van der Waals surface area contributed by atoms with Gasteiger partial charge in [0.25, 0.3) is 0 Å². The van der Waals surface area contributed by atoms with Gasteiger partial charge in [-0.25, -0.2) is 0 Å². The van der Waals surface area contributed by atoms with E-state index in [4.69, 9.17) is 5.73 Å². The summed E-state index contributed by atoms with van der Waals surface area (Å²) in [7, 11) is 1.82. The van der Waals surface area contributed by atoms with Crippen LogP contribution in [0.25, 0.3) is 0 Å². The third-order valence-electron chi connectivity index (χ3n) is 3.40. The van der Waals surface area contributed by atoms with Crippen LogP contribution in [-0.4, -0.2) is 17.9 Å². The van der Waals surface area contributed by atoms with Gasteiger partial charge in [0.2, 0.25) is 5.91 Å². The summed E-state index contributed by atoms with van der Waals surface area (Å²) in [6.07, 6.45) is 0.436. The highest BCUT2D eigenvalue weighted by Gasteiger charge is 2.11. The van der Waals surface area contributed by atoms with Crippen molar-refractivity contribution in [1.29, 1.82) is 0 Å². The molecule has 2 aromatic carbocycles. The van der Waals surface area contributed by atoms with E-state index >= 15 is 0 Å². The number of aryl methyl sites for hydroxylation is 1. The topological polar surface area (TPSA) is 46.3 Å².